The van der Waals surface area contributed by atoms with E-state index in [2.05, 4.69) is 9.88 Å². The molecule has 6 nitrogen and oxygen atoms in total. The quantitative estimate of drug-likeness (QED) is 0.526. The van der Waals surface area contributed by atoms with E-state index in [1.165, 1.54) is 0 Å². The lowest BCUT2D eigenvalue weighted by molar-refractivity contribution is 0.0158. The van der Waals surface area contributed by atoms with E-state index in [0.717, 1.165) is 31.7 Å². The van der Waals surface area contributed by atoms with Crippen LogP contribution in [-0.2, 0) is 4.74 Å². The van der Waals surface area contributed by atoms with E-state index in [1.54, 1.807) is 12.3 Å². The first-order valence-electron chi connectivity index (χ1n) is 6.49. The van der Waals surface area contributed by atoms with Gasteiger partial charge in [0.1, 0.15) is 11.7 Å². The fourth-order valence-electron chi connectivity index (χ4n) is 2.31. The topological polar surface area (TPSA) is 95.5 Å². The van der Waals surface area contributed by atoms with Crippen LogP contribution in [0.25, 0.3) is 0 Å². The second kappa shape index (κ2) is 6.49. The largest absolute Gasteiger partial charge is 0.394 e. The van der Waals surface area contributed by atoms with Crippen LogP contribution < -0.4 is 10.6 Å². The van der Waals surface area contributed by atoms with Gasteiger partial charge < -0.3 is 20.5 Å². The molecular formula is C13H20N4O2. The molecule has 0 spiro atoms. The standard InChI is InChI=1S/C13H20N4O2/c14-12(15)11-2-1-5-16-13(11)17-6-3-10(4-7-17)19-9-8-18/h1-2,5,10,18H,3-4,6-9H2,(H3,14,15). The number of amidine groups is 1. The van der Waals surface area contributed by atoms with Gasteiger partial charge in [0.25, 0.3) is 0 Å². The molecule has 0 atom stereocenters. The van der Waals surface area contributed by atoms with Crippen LogP contribution in [-0.4, -0.2) is 48.3 Å². The summed E-state index contributed by atoms with van der Waals surface area (Å²) >= 11 is 0. The fraction of sp³-hybridized carbons (Fsp3) is 0.538. The predicted octanol–water partition coefficient (Wildman–Crippen LogP) is 0.343. The van der Waals surface area contributed by atoms with Crippen LogP contribution in [0.2, 0.25) is 0 Å². The van der Waals surface area contributed by atoms with Gasteiger partial charge in [-0.2, -0.15) is 0 Å². The molecule has 0 aromatic carbocycles. The SMILES string of the molecule is N=C(N)c1cccnc1N1CCC(OCCO)CC1. The van der Waals surface area contributed by atoms with Crippen molar-refractivity contribution in [1.29, 1.82) is 5.41 Å². The monoisotopic (exact) mass is 264 g/mol. The van der Waals surface area contributed by atoms with Gasteiger partial charge in [0.05, 0.1) is 24.9 Å². The molecule has 1 aromatic heterocycles. The van der Waals surface area contributed by atoms with Crippen LogP contribution in [0.4, 0.5) is 5.82 Å². The van der Waals surface area contributed by atoms with E-state index in [4.69, 9.17) is 21.0 Å². The molecule has 0 unspecified atom stereocenters. The maximum absolute atomic E-state index is 8.74. The highest BCUT2D eigenvalue weighted by Gasteiger charge is 2.22. The minimum absolute atomic E-state index is 0.0433. The maximum atomic E-state index is 8.74. The Morgan fingerprint density at radius 1 is 1.53 bits per heavy atom. The summed E-state index contributed by atoms with van der Waals surface area (Å²) in [6.07, 6.45) is 3.71. The van der Waals surface area contributed by atoms with Crippen molar-refractivity contribution in [1.82, 2.24) is 4.98 Å². The van der Waals surface area contributed by atoms with Crippen LogP contribution in [0.15, 0.2) is 18.3 Å². The van der Waals surface area contributed by atoms with E-state index in [-0.39, 0.29) is 18.5 Å². The van der Waals surface area contributed by atoms with Gasteiger partial charge in [0.15, 0.2) is 0 Å². The molecule has 0 aliphatic carbocycles. The first-order valence-corrected chi connectivity index (χ1v) is 6.49. The molecule has 4 N–H and O–H groups in total. The third-order valence-corrected chi connectivity index (χ3v) is 3.26. The van der Waals surface area contributed by atoms with Gasteiger partial charge >= 0.3 is 0 Å². The number of nitrogen functional groups attached to an aromatic ring is 1. The number of nitrogens with two attached hydrogens (primary N) is 1. The first-order chi connectivity index (χ1) is 9.22. The number of aromatic nitrogens is 1. The van der Waals surface area contributed by atoms with Gasteiger partial charge in [-0.25, -0.2) is 4.98 Å². The van der Waals surface area contributed by atoms with Crippen LogP contribution in [0, 0.1) is 5.41 Å². The number of anilines is 1. The van der Waals surface area contributed by atoms with E-state index < -0.39 is 0 Å². The molecule has 0 amide bonds. The van der Waals surface area contributed by atoms with Crippen molar-refractivity contribution < 1.29 is 9.84 Å². The Morgan fingerprint density at radius 2 is 2.26 bits per heavy atom. The molecule has 1 fully saturated rings. The number of rotatable bonds is 5. The maximum Gasteiger partial charge on any atom is 0.139 e. The molecule has 104 valence electrons. The van der Waals surface area contributed by atoms with Crippen LogP contribution in [0.1, 0.15) is 18.4 Å². The summed E-state index contributed by atoms with van der Waals surface area (Å²) in [5, 5.41) is 16.3. The van der Waals surface area contributed by atoms with Crippen molar-refractivity contribution in [3.63, 3.8) is 0 Å². The van der Waals surface area contributed by atoms with Gasteiger partial charge in [-0.15, -0.1) is 0 Å². The molecule has 0 radical (unpaired) electrons. The molecule has 1 saturated heterocycles. The zero-order valence-electron chi connectivity index (χ0n) is 10.9. The van der Waals surface area contributed by atoms with Crippen LogP contribution in [0.5, 0.6) is 0 Å². The Kier molecular flexibility index (Phi) is 4.70. The zero-order chi connectivity index (χ0) is 13.7. The number of nitrogens with zero attached hydrogens (tertiary/aromatic N) is 2. The number of piperidine rings is 1. The van der Waals surface area contributed by atoms with Gasteiger partial charge in [-0.3, -0.25) is 5.41 Å². The number of hydrogen-bond donors (Lipinski definition) is 3. The highest BCUT2D eigenvalue weighted by Crippen LogP contribution is 2.22. The fourth-order valence-corrected chi connectivity index (χ4v) is 2.31. The second-order valence-electron chi connectivity index (χ2n) is 4.57. The van der Waals surface area contributed by atoms with Gasteiger partial charge in [-0.05, 0) is 25.0 Å². The lowest BCUT2D eigenvalue weighted by Gasteiger charge is -2.33. The summed E-state index contributed by atoms with van der Waals surface area (Å²) in [7, 11) is 0. The predicted molar refractivity (Wildman–Crippen MR) is 73.5 cm³/mol. The van der Waals surface area contributed by atoms with E-state index >= 15 is 0 Å². The molecule has 0 saturated carbocycles. The molecule has 6 heteroatoms. The number of hydrogen-bond acceptors (Lipinski definition) is 5. The number of aliphatic hydroxyl groups is 1. The molecule has 19 heavy (non-hydrogen) atoms. The lowest BCUT2D eigenvalue weighted by Crippen LogP contribution is -2.38. The highest BCUT2D eigenvalue weighted by atomic mass is 16.5. The zero-order valence-corrected chi connectivity index (χ0v) is 10.9. The van der Waals surface area contributed by atoms with Crippen molar-refractivity contribution in [2.75, 3.05) is 31.2 Å². The third kappa shape index (κ3) is 3.42. The minimum atomic E-state index is 0.0433. The van der Waals surface area contributed by atoms with Gasteiger partial charge in [0, 0.05) is 19.3 Å². The molecular weight excluding hydrogens is 244 g/mol. The smallest absolute Gasteiger partial charge is 0.139 e. The average Bonchev–Trinajstić information content (AvgIpc) is 2.45. The van der Waals surface area contributed by atoms with Gasteiger partial charge in [-0.1, -0.05) is 0 Å². The summed E-state index contributed by atoms with van der Waals surface area (Å²) < 4.78 is 5.53. The Labute approximate surface area is 112 Å². The first kappa shape index (κ1) is 13.8. The van der Waals surface area contributed by atoms with Crippen LogP contribution >= 0.6 is 0 Å². The van der Waals surface area contributed by atoms with E-state index in [0.29, 0.717) is 12.2 Å². The number of pyridine rings is 1. The number of aliphatic hydroxyl groups excluding tert-OH is 1. The van der Waals surface area contributed by atoms with E-state index in [1.807, 2.05) is 6.07 Å². The van der Waals surface area contributed by atoms with Crippen molar-refractivity contribution in [2.45, 2.75) is 18.9 Å². The third-order valence-electron chi connectivity index (χ3n) is 3.26. The molecule has 1 aliphatic heterocycles. The number of ether oxygens (including phenoxy) is 1. The van der Waals surface area contributed by atoms with E-state index in [9.17, 15) is 0 Å². The second-order valence-corrected chi connectivity index (χ2v) is 4.57. The van der Waals surface area contributed by atoms with Crippen molar-refractivity contribution >= 4 is 11.7 Å². The summed E-state index contributed by atoms with van der Waals surface area (Å²) in [4.78, 5) is 6.47. The van der Waals surface area contributed by atoms with Gasteiger partial charge in [0.2, 0.25) is 0 Å². The molecule has 2 rings (SSSR count). The average molecular weight is 264 g/mol. The Bertz CT molecular complexity index is 430. The summed E-state index contributed by atoms with van der Waals surface area (Å²) in [6, 6.07) is 3.61. The Hall–Kier alpha value is -1.66. The van der Waals surface area contributed by atoms with Crippen LogP contribution in [0.3, 0.4) is 0 Å². The highest BCUT2D eigenvalue weighted by molar-refractivity contribution is 5.99. The lowest BCUT2D eigenvalue weighted by atomic mass is 10.1. The molecule has 1 aliphatic rings. The molecule has 2 heterocycles. The summed E-state index contributed by atoms with van der Waals surface area (Å²) in [6.45, 7) is 2.11. The number of nitrogens with one attached hydrogen (secondary N) is 1. The summed E-state index contributed by atoms with van der Waals surface area (Å²) in [5.41, 5.74) is 6.26. The normalized spacial score (nSPS) is 16.6. The minimum Gasteiger partial charge on any atom is -0.394 e. The summed E-state index contributed by atoms with van der Waals surface area (Å²) in [5.74, 6) is 0.817. The van der Waals surface area contributed by atoms with Crippen molar-refractivity contribution in [3.05, 3.63) is 23.9 Å². The van der Waals surface area contributed by atoms with Crippen molar-refractivity contribution in [3.8, 4) is 0 Å². The Balaban J connectivity index is 2.00. The molecule has 1 aromatic rings. The Morgan fingerprint density at radius 3 is 2.89 bits per heavy atom. The van der Waals surface area contributed by atoms with Crippen molar-refractivity contribution in [2.24, 2.45) is 5.73 Å². The molecule has 0 bridgehead atoms.